The van der Waals surface area contributed by atoms with Gasteiger partial charge >= 0.3 is 0 Å². The van der Waals surface area contributed by atoms with Gasteiger partial charge in [0.2, 0.25) is 0 Å². The van der Waals surface area contributed by atoms with E-state index in [1.165, 1.54) is 11.8 Å². The molecule has 1 amide bonds. The second-order valence-corrected chi connectivity index (χ2v) is 5.46. The Labute approximate surface area is 125 Å². The number of amides is 1. The summed E-state index contributed by atoms with van der Waals surface area (Å²) in [5, 5.41) is 7.51. The maximum Gasteiger partial charge on any atom is 0.259 e. The minimum atomic E-state index is -0.0390. The lowest BCUT2D eigenvalue weighted by atomic mass is 10.1. The van der Waals surface area contributed by atoms with Crippen LogP contribution in [0, 0.1) is 5.92 Å². The molecule has 4 nitrogen and oxygen atoms in total. The number of carbonyl (C=O) groups excluding carboxylic acids is 1. The van der Waals surface area contributed by atoms with Crippen molar-refractivity contribution < 1.29 is 4.79 Å². The molecule has 0 aliphatic rings. The quantitative estimate of drug-likeness (QED) is 0.845. The lowest BCUT2D eigenvalue weighted by molar-refractivity contribution is 0.0983. The van der Waals surface area contributed by atoms with Crippen LogP contribution in [0.4, 0.5) is 5.69 Å². The molecular formula is C17H21N3O. The third-order valence-corrected chi connectivity index (χ3v) is 3.28. The van der Waals surface area contributed by atoms with Crippen LogP contribution < -0.4 is 4.90 Å². The van der Waals surface area contributed by atoms with Crippen molar-refractivity contribution in [1.82, 2.24) is 10.2 Å². The molecule has 0 saturated heterocycles. The number of rotatable bonds is 5. The van der Waals surface area contributed by atoms with Crippen molar-refractivity contribution in [2.75, 3.05) is 11.4 Å². The summed E-state index contributed by atoms with van der Waals surface area (Å²) in [6.07, 6.45) is 4.05. The van der Waals surface area contributed by atoms with E-state index in [0.717, 1.165) is 12.1 Å². The molecule has 0 aliphatic heterocycles. The molecule has 0 atom stereocenters. The van der Waals surface area contributed by atoms with Gasteiger partial charge in [0.05, 0.1) is 18.0 Å². The molecule has 0 radical (unpaired) electrons. The van der Waals surface area contributed by atoms with Crippen molar-refractivity contribution in [1.29, 1.82) is 0 Å². The van der Waals surface area contributed by atoms with Crippen LogP contribution in [-0.4, -0.2) is 22.6 Å². The van der Waals surface area contributed by atoms with E-state index in [0.29, 0.717) is 18.0 Å². The SMILES string of the molecule is CCc1ccc(N(CC(C)C)C(=O)c2ccnnc2)cc1. The summed E-state index contributed by atoms with van der Waals surface area (Å²) in [4.78, 5) is 14.5. The Bertz CT molecular complexity index is 579. The van der Waals surface area contributed by atoms with Gasteiger partial charge < -0.3 is 4.90 Å². The molecule has 0 aliphatic carbocycles. The van der Waals surface area contributed by atoms with Gasteiger partial charge in [-0.25, -0.2) is 0 Å². The summed E-state index contributed by atoms with van der Waals surface area (Å²) in [5.74, 6) is 0.345. The molecule has 2 aromatic rings. The fraction of sp³-hybridized carbons (Fsp3) is 0.353. The van der Waals surface area contributed by atoms with E-state index >= 15 is 0 Å². The number of hydrogen-bond acceptors (Lipinski definition) is 3. The van der Waals surface area contributed by atoms with E-state index in [-0.39, 0.29) is 5.91 Å². The predicted molar refractivity (Wildman–Crippen MR) is 84.4 cm³/mol. The van der Waals surface area contributed by atoms with Crippen LogP contribution in [0.5, 0.6) is 0 Å². The lowest BCUT2D eigenvalue weighted by Crippen LogP contribution is -2.34. The highest BCUT2D eigenvalue weighted by Crippen LogP contribution is 2.19. The van der Waals surface area contributed by atoms with Gasteiger partial charge in [0.25, 0.3) is 5.91 Å². The van der Waals surface area contributed by atoms with Crippen LogP contribution in [0.1, 0.15) is 36.7 Å². The molecule has 0 N–H and O–H groups in total. The monoisotopic (exact) mass is 283 g/mol. The minimum absolute atomic E-state index is 0.0390. The summed E-state index contributed by atoms with van der Waals surface area (Å²) >= 11 is 0. The van der Waals surface area contributed by atoms with Crippen LogP contribution in [0.25, 0.3) is 0 Å². The van der Waals surface area contributed by atoms with Gasteiger partial charge in [-0.3, -0.25) is 4.79 Å². The maximum absolute atomic E-state index is 12.7. The van der Waals surface area contributed by atoms with Crippen LogP contribution in [0.15, 0.2) is 42.7 Å². The summed E-state index contributed by atoms with van der Waals surface area (Å²) in [5.41, 5.74) is 2.74. The highest BCUT2D eigenvalue weighted by atomic mass is 16.2. The molecule has 1 aromatic heterocycles. The highest BCUT2D eigenvalue weighted by Gasteiger charge is 2.19. The van der Waals surface area contributed by atoms with Crippen molar-refractivity contribution in [3.63, 3.8) is 0 Å². The summed E-state index contributed by atoms with van der Waals surface area (Å²) < 4.78 is 0. The Hall–Kier alpha value is -2.23. The zero-order valence-corrected chi connectivity index (χ0v) is 12.8. The number of nitrogens with zero attached hydrogens (tertiary/aromatic N) is 3. The average Bonchev–Trinajstić information content (AvgIpc) is 2.53. The Morgan fingerprint density at radius 2 is 1.86 bits per heavy atom. The molecule has 0 saturated carbocycles. The topological polar surface area (TPSA) is 46.1 Å². The Morgan fingerprint density at radius 3 is 2.38 bits per heavy atom. The number of benzene rings is 1. The van der Waals surface area contributed by atoms with Crippen LogP contribution in [-0.2, 0) is 6.42 Å². The molecule has 1 aromatic carbocycles. The smallest absolute Gasteiger partial charge is 0.259 e. The second kappa shape index (κ2) is 6.97. The molecular weight excluding hydrogens is 262 g/mol. The Balaban J connectivity index is 2.31. The van der Waals surface area contributed by atoms with Gasteiger partial charge in [-0.15, -0.1) is 0 Å². The number of aromatic nitrogens is 2. The molecule has 0 fully saturated rings. The number of carbonyl (C=O) groups is 1. The third-order valence-electron chi connectivity index (χ3n) is 3.28. The average molecular weight is 283 g/mol. The second-order valence-electron chi connectivity index (χ2n) is 5.46. The third kappa shape index (κ3) is 3.88. The first-order chi connectivity index (χ1) is 10.1. The van der Waals surface area contributed by atoms with Crippen LogP contribution >= 0.6 is 0 Å². The standard InChI is InChI=1S/C17H21N3O/c1-4-14-5-7-16(8-6-14)20(12-13(2)3)17(21)15-9-10-18-19-11-15/h5-11,13H,4,12H2,1-3H3. The van der Waals surface area contributed by atoms with Crippen molar-refractivity contribution >= 4 is 11.6 Å². The molecule has 110 valence electrons. The van der Waals surface area contributed by atoms with Crippen molar-refractivity contribution in [3.8, 4) is 0 Å². The van der Waals surface area contributed by atoms with Crippen LogP contribution in [0.3, 0.4) is 0 Å². The van der Waals surface area contributed by atoms with E-state index in [1.807, 2.05) is 12.1 Å². The number of aryl methyl sites for hydroxylation is 1. The van der Waals surface area contributed by atoms with Gasteiger partial charge in [0, 0.05) is 12.2 Å². The first kappa shape index (κ1) is 15.2. The maximum atomic E-state index is 12.7. The fourth-order valence-corrected chi connectivity index (χ4v) is 2.16. The van der Waals surface area contributed by atoms with Crippen molar-refractivity contribution in [3.05, 3.63) is 53.9 Å². The summed E-state index contributed by atoms with van der Waals surface area (Å²) in [6, 6.07) is 9.85. The van der Waals surface area contributed by atoms with E-state index in [2.05, 4.69) is 43.1 Å². The normalized spacial score (nSPS) is 10.7. The zero-order valence-electron chi connectivity index (χ0n) is 12.8. The largest absolute Gasteiger partial charge is 0.308 e. The van der Waals surface area contributed by atoms with Crippen LogP contribution in [0.2, 0.25) is 0 Å². The highest BCUT2D eigenvalue weighted by molar-refractivity contribution is 6.05. The first-order valence-corrected chi connectivity index (χ1v) is 7.29. The lowest BCUT2D eigenvalue weighted by Gasteiger charge is -2.25. The Kier molecular flexibility index (Phi) is 5.04. The fourth-order valence-electron chi connectivity index (χ4n) is 2.16. The molecule has 0 bridgehead atoms. The van der Waals surface area contributed by atoms with Gasteiger partial charge in [0.15, 0.2) is 0 Å². The minimum Gasteiger partial charge on any atom is -0.308 e. The molecule has 4 heteroatoms. The molecule has 0 spiro atoms. The van der Waals surface area contributed by atoms with E-state index in [4.69, 9.17) is 0 Å². The Morgan fingerprint density at radius 1 is 1.14 bits per heavy atom. The summed E-state index contributed by atoms with van der Waals surface area (Å²) in [6.45, 7) is 7.00. The van der Waals surface area contributed by atoms with Gasteiger partial charge in [-0.05, 0) is 36.1 Å². The van der Waals surface area contributed by atoms with Crippen molar-refractivity contribution in [2.24, 2.45) is 5.92 Å². The summed E-state index contributed by atoms with van der Waals surface area (Å²) in [7, 11) is 0. The number of hydrogen-bond donors (Lipinski definition) is 0. The molecule has 21 heavy (non-hydrogen) atoms. The first-order valence-electron chi connectivity index (χ1n) is 7.29. The van der Waals surface area contributed by atoms with E-state index < -0.39 is 0 Å². The van der Waals surface area contributed by atoms with E-state index in [1.54, 1.807) is 17.2 Å². The van der Waals surface area contributed by atoms with E-state index in [9.17, 15) is 4.79 Å². The zero-order chi connectivity index (χ0) is 15.2. The predicted octanol–water partition coefficient (Wildman–Crippen LogP) is 3.34. The number of anilines is 1. The molecule has 1 heterocycles. The molecule has 0 unspecified atom stereocenters. The van der Waals surface area contributed by atoms with Gasteiger partial charge in [-0.2, -0.15) is 10.2 Å². The molecule has 2 rings (SSSR count). The van der Waals surface area contributed by atoms with Crippen molar-refractivity contribution in [2.45, 2.75) is 27.2 Å². The van der Waals surface area contributed by atoms with Gasteiger partial charge in [-0.1, -0.05) is 32.9 Å². The van der Waals surface area contributed by atoms with Gasteiger partial charge in [0.1, 0.15) is 0 Å².